The summed E-state index contributed by atoms with van der Waals surface area (Å²) in [6, 6.07) is 0.525. The summed E-state index contributed by atoms with van der Waals surface area (Å²) in [6.07, 6.45) is 11.0. The molecular formula is C23H45IN6. The maximum Gasteiger partial charge on any atom is 0.191 e. The van der Waals surface area contributed by atoms with Crippen molar-refractivity contribution in [3.8, 4) is 0 Å². The van der Waals surface area contributed by atoms with Gasteiger partial charge >= 0.3 is 0 Å². The van der Waals surface area contributed by atoms with Gasteiger partial charge in [0.15, 0.2) is 5.96 Å². The van der Waals surface area contributed by atoms with Gasteiger partial charge in [-0.1, -0.05) is 12.5 Å². The van der Waals surface area contributed by atoms with E-state index in [-0.39, 0.29) is 29.5 Å². The molecule has 0 bridgehead atoms. The quantitative estimate of drug-likeness (QED) is 0.229. The van der Waals surface area contributed by atoms with Crippen molar-refractivity contribution in [1.82, 2.24) is 25.3 Å². The van der Waals surface area contributed by atoms with Gasteiger partial charge in [-0.3, -0.25) is 14.8 Å². The minimum absolute atomic E-state index is 0. The van der Waals surface area contributed by atoms with Gasteiger partial charge in [-0.05, 0) is 78.7 Å². The van der Waals surface area contributed by atoms with E-state index in [2.05, 4.69) is 45.9 Å². The largest absolute Gasteiger partial charge is 0.357 e. The monoisotopic (exact) mass is 532 g/mol. The number of halogens is 1. The second-order valence-corrected chi connectivity index (χ2v) is 9.28. The zero-order chi connectivity index (χ0) is 20.5. The van der Waals surface area contributed by atoms with Crippen LogP contribution in [0.4, 0.5) is 0 Å². The van der Waals surface area contributed by atoms with Crippen molar-refractivity contribution in [2.45, 2.75) is 63.5 Å². The Bertz CT molecular complexity index is 518. The van der Waals surface area contributed by atoms with Crippen LogP contribution >= 0.6 is 24.0 Å². The summed E-state index contributed by atoms with van der Waals surface area (Å²) in [5.41, 5.74) is 0.253. The second-order valence-electron chi connectivity index (χ2n) is 9.28. The molecule has 6 nitrogen and oxygen atoms in total. The van der Waals surface area contributed by atoms with Gasteiger partial charge < -0.3 is 15.5 Å². The van der Waals surface area contributed by atoms with Gasteiger partial charge in [0.2, 0.25) is 0 Å². The highest BCUT2D eigenvalue weighted by atomic mass is 127. The molecule has 0 unspecified atom stereocenters. The van der Waals surface area contributed by atoms with Crippen molar-refractivity contribution in [2.75, 3.05) is 66.0 Å². The molecule has 30 heavy (non-hydrogen) atoms. The van der Waals surface area contributed by atoms with Crippen molar-refractivity contribution in [2.24, 2.45) is 4.99 Å². The minimum Gasteiger partial charge on any atom is -0.357 e. The fraction of sp³-hybridized carbons (Fsp3) is 0.870. The lowest BCUT2D eigenvalue weighted by Gasteiger charge is -2.49. The van der Waals surface area contributed by atoms with Crippen LogP contribution in [0.15, 0.2) is 17.6 Å². The fourth-order valence-corrected chi connectivity index (χ4v) is 5.16. The standard InChI is InChI=1S/C23H44N6.HI/c1-4-13-28-16-9-21(10-17-28)26-22(24-5-2)25-20-23(11-18-27(3)19-12-23)29-14-7-6-8-15-29;/h4,21H,1,5-20H2,2-3H3,(H2,24,25,26);1H. The predicted octanol–water partition coefficient (Wildman–Crippen LogP) is 2.76. The van der Waals surface area contributed by atoms with Gasteiger partial charge in [-0.2, -0.15) is 0 Å². The number of nitrogens with zero attached hydrogens (tertiary/aromatic N) is 4. The third-order valence-corrected chi connectivity index (χ3v) is 7.14. The van der Waals surface area contributed by atoms with Gasteiger partial charge in [-0.25, -0.2) is 0 Å². The first-order valence-corrected chi connectivity index (χ1v) is 12.0. The van der Waals surface area contributed by atoms with Gasteiger partial charge in [0, 0.05) is 37.8 Å². The molecule has 0 aromatic heterocycles. The van der Waals surface area contributed by atoms with E-state index in [1.54, 1.807) is 0 Å². The Labute approximate surface area is 201 Å². The smallest absolute Gasteiger partial charge is 0.191 e. The Balaban J connectivity index is 0.00000320. The van der Waals surface area contributed by atoms with Crippen LogP contribution in [0.5, 0.6) is 0 Å². The molecule has 3 rings (SSSR count). The number of nitrogens with one attached hydrogen (secondary N) is 2. The van der Waals surface area contributed by atoms with Crippen LogP contribution in [-0.2, 0) is 0 Å². The summed E-state index contributed by atoms with van der Waals surface area (Å²) < 4.78 is 0. The average Bonchev–Trinajstić information content (AvgIpc) is 2.76. The Kier molecular flexibility index (Phi) is 11.4. The molecule has 0 atom stereocenters. The zero-order valence-electron chi connectivity index (χ0n) is 19.4. The van der Waals surface area contributed by atoms with E-state index < -0.39 is 0 Å². The fourth-order valence-electron chi connectivity index (χ4n) is 5.16. The number of hydrogen-bond acceptors (Lipinski definition) is 4. The third kappa shape index (κ3) is 7.35. The van der Waals surface area contributed by atoms with Crippen LogP contribution < -0.4 is 10.6 Å². The van der Waals surface area contributed by atoms with Gasteiger partial charge in [0.25, 0.3) is 0 Å². The number of hydrogen-bond donors (Lipinski definition) is 2. The summed E-state index contributed by atoms with van der Waals surface area (Å²) in [7, 11) is 2.26. The average molecular weight is 533 g/mol. The number of rotatable bonds is 7. The van der Waals surface area contributed by atoms with E-state index in [1.807, 2.05) is 6.08 Å². The normalized spacial score (nSPS) is 24.8. The summed E-state index contributed by atoms with van der Waals surface area (Å²) in [4.78, 5) is 12.9. The van der Waals surface area contributed by atoms with E-state index in [0.717, 1.165) is 38.7 Å². The molecule has 174 valence electrons. The molecule has 0 aliphatic carbocycles. The van der Waals surface area contributed by atoms with Crippen LogP contribution in [-0.4, -0.2) is 98.2 Å². The van der Waals surface area contributed by atoms with Crippen molar-refractivity contribution in [3.63, 3.8) is 0 Å². The number of aliphatic imine (C=N–C) groups is 1. The molecule has 0 radical (unpaired) electrons. The van der Waals surface area contributed by atoms with E-state index in [9.17, 15) is 0 Å². The Morgan fingerprint density at radius 3 is 2.33 bits per heavy atom. The Morgan fingerprint density at radius 2 is 1.73 bits per heavy atom. The lowest BCUT2D eigenvalue weighted by atomic mass is 9.84. The molecule has 0 saturated carbocycles. The van der Waals surface area contributed by atoms with E-state index in [0.29, 0.717) is 6.04 Å². The highest BCUT2D eigenvalue weighted by Gasteiger charge is 2.39. The topological polar surface area (TPSA) is 46.1 Å². The van der Waals surface area contributed by atoms with E-state index in [1.165, 1.54) is 71.1 Å². The maximum absolute atomic E-state index is 5.16. The maximum atomic E-state index is 5.16. The van der Waals surface area contributed by atoms with Gasteiger partial charge in [0.1, 0.15) is 0 Å². The van der Waals surface area contributed by atoms with Crippen LogP contribution in [0, 0.1) is 0 Å². The summed E-state index contributed by atoms with van der Waals surface area (Å²) in [6.45, 7) is 16.1. The summed E-state index contributed by atoms with van der Waals surface area (Å²) in [5, 5.41) is 7.26. The summed E-state index contributed by atoms with van der Waals surface area (Å²) in [5.74, 6) is 1.02. The summed E-state index contributed by atoms with van der Waals surface area (Å²) >= 11 is 0. The molecule has 3 aliphatic heterocycles. The van der Waals surface area contributed by atoms with Gasteiger partial charge in [-0.15, -0.1) is 30.6 Å². The Hall–Kier alpha value is -0.380. The molecule has 7 heteroatoms. The SMILES string of the molecule is C=CCN1CCC(NC(=NCC2(N3CCCCC3)CCN(C)CC2)NCC)CC1.I. The highest BCUT2D eigenvalue weighted by Crippen LogP contribution is 2.31. The van der Waals surface area contributed by atoms with Crippen molar-refractivity contribution >= 4 is 29.9 Å². The molecule has 2 N–H and O–H groups in total. The van der Waals surface area contributed by atoms with Crippen LogP contribution in [0.3, 0.4) is 0 Å². The van der Waals surface area contributed by atoms with Crippen molar-refractivity contribution in [1.29, 1.82) is 0 Å². The molecule has 3 fully saturated rings. The number of guanidine groups is 1. The molecular weight excluding hydrogens is 487 g/mol. The lowest BCUT2D eigenvalue weighted by molar-refractivity contribution is 0.0208. The minimum atomic E-state index is 0. The molecule has 0 aromatic carbocycles. The van der Waals surface area contributed by atoms with Crippen LogP contribution in [0.2, 0.25) is 0 Å². The van der Waals surface area contributed by atoms with Crippen LogP contribution in [0.1, 0.15) is 51.9 Å². The number of piperidine rings is 3. The van der Waals surface area contributed by atoms with Crippen molar-refractivity contribution in [3.05, 3.63) is 12.7 Å². The first-order chi connectivity index (χ1) is 14.1. The zero-order valence-corrected chi connectivity index (χ0v) is 21.7. The molecule has 3 heterocycles. The molecule has 0 spiro atoms. The molecule has 3 aliphatic rings. The predicted molar refractivity (Wildman–Crippen MR) is 139 cm³/mol. The first kappa shape index (κ1) is 25.9. The number of likely N-dealkylation sites (tertiary alicyclic amines) is 3. The van der Waals surface area contributed by atoms with E-state index >= 15 is 0 Å². The van der Waals surface area contributed by atoms with Crippen LogP contribution in [0.25, 0.3) is 0 Å². The molecule has 0 amide bonds. The molecule has 0 aromatic rings. The first-order valence-electron chi connectivity index (χ1n) is 12.0. The van der Waals surface area contributed by atoms with Crippen molar-refractivity contribution < 1.29 is 0 Å². The lowest BCUT2D eigenvalue weighted by Crippen LogP contribution is -2.58. The molecule has 3 saturated heterocycles. The highest BCUT2D eigenvalue weighted by molar-refractivity contribution is 14.0. The third-order valence-electron chi connectivity index (χ3n) is 7.14. The second kappa shape index (κ2) is 13.2. The van der Waals surface area contributed by atoms with E-state index in [4.69, 9.17) is 4.99 Å². The Morgan fingerprint density at radius 1 is 1.07 bits per heavy atom. The van der Waals surface area contributed by atoms with Gasteiger partial charge in [0.05, 0.1) is 6.54 Å².